The Morgan fingerprint density at radius 1 is 1.13 bits per heavy atom. The first-order valence-corrected chi connectivity index (χ1v) is 4.94. The van der Waals surface area contributed by atoms with E-state index in [0.717, 1.165) is 0 Å². The van der Waals surface area contributed by atoms with Crippen LogP contribution in [-0.4, -0.2) is 49.4 Å². The third kappa shape index (κ3) is 7.93. The van der Waals surface area contributed by atoms with Crippen LogP contribution in [0.3, 0.4) is 0 Å². The topological polar surface area (TPSA) is 61.4 Å². The predicted octanol–water partition coefficient (Wildman–Crippen LogP) is -0.421. The van der Waals surface area contributed by atoms with Crippen molar-refractivity contribution in [1.29, 1.82) is 0 Å². The third-order valence-electron chi connectivity index (χ3n) is 1.58. The van der Waals surface area contributed by atoms with Gasteiger partial charge in [0.2, 0.25) is 11.8 Å². The number of nitrogens with one attached hydrogen (secondary N) is 2. The number of carbonyl (C=O) groups is 2. The highest BCUT2D eigenvalue weighted by molar-refractivity contribution is 5.81. The third-order valence-corrected chi connectivity index (χ3v) is 1.58. The maximum absolute atomic E-state index is 11.3. The molecule has 0 aromatic carbocycles. The second-order valence-corrected chi connectivity index (χ2v) is 4.69. The van der Waals surface area contributed by atoms with E-state index in [9.17, 15) is 9.59 Å². The average molecular weight is 215 g/mol. The molecular weight excluding hydrogens is 194 g/mol. The van der Waals surface area contributed by atoms with E-state index in [1.165, 1.54) is 4.90 Å². The second kappa shape index (κ2) is 5.70. The number of amides is 2. The lowest BCUT2D eigenvalue weighted by Gasteiger charge is -2.20. The molecule has 0 aliphatic heterocycles. The van der Waals surface area contributed by atoms with Gasteiger partial charge in [-0.15, -0.1) is 0 Å². The molecule has 0 unspecified atom stereocenters. The van der Waals surface area contributed by atoms with E-state index in [1.54, 1.807) is 14.1 Å². The Morgan fingerprint density at radius 3 is 2.07 bits per heavy atom. The molecule has 88 valence electrons. The van der Waals surface area contributed by atoms with Gasteiger partial charge in [-0.1, -0.05) is 0 Å². The van der Waals surface area contributed by atoms with Gasteiger partial charge in [-0.05, 0) is 20.8 Å². The van der Waals surface area contributed by atoms with Crippen molar-refractivity contribution in [1.82, 2.24) is 15.5 Å². The van der Waals surface area contributed by atoms with Crippen molar-refractivity contribution < 1.29 is 9.59 Å². The number of hydrogen-bond acceptors (Lipinski definition) is 3. The van der Waals surface area contributed by atoms with Crippen molar-refractivity contribution in [3.05, 3.63) is 0 Å². The minimum Gasteiger partial charge on any atom is -0.350 e. The molecular formula is C10H21N3O2. The van der Waals surface area contributed by atoms with Crippen LogP contribution < -0.4 is 10.6 Å². The molecule has 0 bridgehead atoms. The van der Waals surface area contributed by atoms with Gasteiger partial charge >= 0.3 is 0 Å². The van der Waals surface area contributed by atoms with Gasteiger partial charge < -0.3 is 10.2 Å². The van der Waals surface area contributed by atoms with E-state index >= 15 is 0 Å². The highest BCUT2D eigenvalue weighted by atomic mass is 16.2. The molecule has 0 aliphatic carbocycles. The fraction of sp³-hybridized carbons (Fsp3) is 0.800. The Hall–Kier alpha value is -1.10. The number of hydrogen-bond donors (Lipinski definition) is 2. The summed E-state index contributed by atoms with van der Waals surface area (Å²) in [6.45, 7) is 6.09. The summed E-state index contributed by atoms with van der Waals surface area (Å²) in [6.07, 6.45) is 0. The highest BCUT2D eigenvalue weighted by Gasteiger charge is 2.13. The van der Waals surface area contributed by atoms with Crippen LogP contribution in [0, 0.1) is 0 Å². The molecule has 15 heavy (non-hydrogen) atoms. The molecule has 0 saturated carbocycles. The van der Waals surface area contributed by atoms with Crippen molar-refractivity contribution in [2.75, 3.05) is 27.2 Å². The average Bonchev–Trinajstić information content (AvgIpc) is 2.00. The summed E-state index contributed by atoms with van der Waals surface area (Å²) >= 11 is 0. The summed E-state index contributed by atoms with van der Waals surface area (Å²) in [6, 6.07) is 0. The molecule has 0 aliphatic rings. The molecule has 0 atom stereocenters. The smallest absolute Gasteiger partial charge is 0.236 e. The van der Waals surface area contributed by atoms with Crippen LogP contribution in [0.2, 0.25) is 0 Å². The summed E-state index contributed by atoms with van der Waals surface area (Å²) in [4.78, 5) is 23.9. The standard InChI is InChI=1S/C10H21N3O2/c1-10(2,3)12-8(14)6-11-7-9(15)13(4)5/h11H,6-7H2,1-5H3,(H,12,14). The van der Waals surface area contributed by atoms with Crippen molar-refractivity contribution in [2.45, 2.75) is 26.3 Å². The quantitative estimate of drug-likeness (QED) is 0.669. The van der Waals surface area contributed by atoms with Crippen LogP contribution in [0.4, 0.5) is 0 Å². The van der Waals surface area contributed by atoms with Gasteiger partial charge in [0.05, 0.1) is 13.1 Å². The minimum atomic E-state index is -0.232. The monoisotopic (exact) mass is 215 g/mol. The molecule has 0 radical (unpaired) electrons. The molecule has 2 amide bonds. The van der Waals surface area contributed by atoms with E-state index in [-0.39, 0.29) is 30.4 Å². The van der Waals surface area contributed by atoms with E-state index in [1.807, 2.05) is 20.8 Å². The van der Waals surface area contributed by atoms with E-state index < -0.39 is 0 Å². The normalized spacial score (nSPS) is 11.0. The Balaban J connectivity index is 3.70. The van der Waals surface area contributed by atoms with E-state index in [2.05, 4.69) is 10.6 Å². The first kappa shape index (κ1) is 13.9. The first-order valence-electron chi connectivity index (χ1n) is 4.94. The highest BCUT2D eigenvalue weighted by Crippen LogP contribution is 1.96. The fourth-order valence-electron chi connectivity index (χ4n) is 0.904. The van der Waals surface area contributed by atoms with Gasteiger partial charge in [-0.3, -0.25) is 14.9 Å². The van der Waals surface area contributed by atoms with Crippen LogP contribution in [0.15, 0.2) is 0 Å². The van der Waals surface area contributed by atoms with Crippen molar-refractivity contribution in [3.63, 3.8) is 0 Å². The maximum Gasteiger partial charge on any atom is 0.236 e. The molecule has 0 spiro atoms. The summed E-state index contributed by atoms with van der Waals surface area (Å²) in [7, 11) is 3.36. The molecule has 0 saturated heterocycles. The van der Waals surface area contributed by atoms with Crippen LogP contribution in [0.1, 0.15) is 20.8 Å². The lowest BCUT2D eigenvalue weighted by atomic mass is 10.1. The van der Waals surface area contributed by atoms with Crippen LogP contribution in [-0.2, 0) is 9.59 Å². The largest absolute Gasteiger partial charge is 0.350 e. The molecule has 0 fully saturated rings. The predicted molar refractivity (Wildman–Crippen MR) is 59.5 cm³/mol. The van der Waals surface area contributed by atoms with Crippen molar-refractivity contribution >= 4 is 11.8 Å². The Labute approximate surface area is 91.2 Å². The van der Waals surface area contributed by atoms with Crippen molar-refractivity contribution in [2.24, 2.45) is 0 Å². The van der Waals surface area contributed by atoms with Gasteiger partial charge in [0, 0.05) is 19.6 Å². The van der Waals surface area contributed by atoms with Gasteiger partial charge in [0.1, 0.15) is 0 Å². The first-order chi connectivity index (χ1) is 6.72. The van der Waals surface area contributed by atoms with Crippen molar-refractivity contribution in [3.8, 4) is 0 Å². The van der Waals surface area contributed by atoms with Gasteiger partial charge in [-0.25, -0.2) is 0 Å². The molecule has 0 heterocycles. The summed E-state index contributed by atoms with van der Waals surface area (Å²) in [5.74, 6) is -0.146. The minimum absolute atomic E-state index is 0.0430. The molecule has 5 nitrogen and oxygen atoms in total. The van der Waals surface area contributed by atoms with Gasteiger partial charge in [0.15, 0.2) is 0 Å². The SMILES string of the molecule is CN(C)C(=O)CNCC(=O)NC(C)(C)C. The van der Waals surface area contributed by atoms with E-state index in [0.29, 0.717) is 0 Å². The lowest BCUT2D eigenvalue weighted by molar-refractivity contribution is -0.127. The Bertz CT molecular complexity index is 231. The molecule has 0 aromatic heterocycles. The molecule has 0 aromatic rings. The zero-order valence-electron chi connectivity index (χ0n) is 10.2. The Morgan fingerprint density at radius 2 is 1.67 bits per heavy atom. The van der Waals surface area contributed by atoms with Gasteiger partial charge in [0.25, 0.3) is 0 Å². The molecule has 2 N–H and O–H groups in total. The maximum atomic E-state index is 11.3. The van der Waals surface area contributed by atoms with E-state index in [4.69, 9.17) is 0 Å². The zero-order chi connectivity index (χ0) is 12.1. The summed E-state index contributed by atoms with van der Waals surface area (Å²) in [5.41, 5.74) is -0.232. The number of carbonyl (C=O) groups excluding carboxylic acids is 2. The lowest BCUT2D eigenvalue weighted by Crippen LogP contribution is -2.46. The summed E-state index contributed by atoms with van der Waals surface area (Å²) < 4.78 is 0. The van der Waals surface area contributed by atoms with Gasteiger partial charge in [-0.2, -0.15) is 0 Å². The number of nitrogens with zero attached hydrogens (tertiary/aromatic N) is 1. The van der Waals surface area contributed by atoms with Crippen LogP contribution >= 0.6 is 0 Å². The number of likely N-dealkylation sites (N-methyl/N-ethyl adjacent to an activating group) is 1. The number of rotatable bonds is 4. The van der Waals surface area contributed by atoms with Crippen LogP contribution in [0.25, 0.3) is 0 Å². The fourth-order valence-corrected chi connectivity index (χ4v) is 0.904. The second-order valence-electron chi connectivity index (χ2n) is 4.69. The zero-order valence-corrected chi connectivity index (χ0v) is 10.2. The summed E-state index contributed by atoms with van der Waals surface area (Å²) in [5, 5.41) is 5.58. The molecule has 0 rings (SSSR count). The van der Waals surface area contributed by atoms with Crippen LogP contribution in [0.5, 0.6) is 0 Å². The Kier molecular flexibility index (Phi) is 5.28. The molecule has 5 heteroatoms.